The van der Waals surface area contributed by atoms with Crippen molar-refractivity contribution in [1.82, 2.24) is 9.97 Å². The molecule has 0 N–H and O–H groups in total. The number of nitrogens with zero attached hydrogens (tertiary/aromatic N) is 2. The zero-order valence-electron chi connectivity index (χ0n) is 20.2. The van der Waals surface area contributed by atoms with Crippen LogP contribution in [0.1, 0.15) is 73.3 Å². The number of Topliss-reactive ketones (excluding diaryl/α,β-unsaturated/α-hetero) is 1. The summed E-state index contributed by atoms with van der Waals surface area (Å²) in [6.45, 7) is 11.7. The Morgan fingerprint density at radius 2 is 1.85 bits per heavy atom. The highest BCUT2D eigenvalue weighted by Crippen LogP contribution is 2.46. The number of hydrogen-bond donors (Lipinski definition) is 0. The number of pyridine rings is 1. The van der Waals surface area contributed by atoms with Crippen LogP contribution in [0.3, 0.4) is 0 Å². The molecular formula is C27H30N2O2S2. The standard InChI is InChI=1S/C27H30N2O2S2/c1-14-22(25(15(2)30)31-27(4,5)6)23(17-11-12-19-21(13-17)32-16(3)29-19)24-18-9-7-8-10-20(18)33-26(24)28-14/h11-13,25H,7-10H2,1-6H3. The van der Waals surface area contributed by atoms with Gasteiger partial charge < -0.3 is 4.74 Å². The summed E-state index contributed by atoms with van der Waals surface area (Å²) in [7, 11) is 0. The molecule has 1 atom stereocenters. The quantitative estimate of drug-likeness (QED) is 0.304. The SMILES string of the molecule is CC(=O)C(OC(C)(C)C)c1c(C)nc2sc3c(c2c1-c1ccc2nc(C)sc2c1)CCCC3. The van der Waals surface area contributed by atoms with Gasteiger partial charge in [0.2, 0.25) is 0 Å². The maximum absolute atomic E-state index is 13.0. The van der Waals surface area contributed by atoms with Crippen LogP contribution < -0.4 is 0 Å². The molecule has 0 saturated carbocycles. The number of carbonyl (C=O) groups is 1. The van der Waals surface area contributed by atoms with Gasteiger partial charge in [0, 0.05) is 27.1 Å². The number of aromatic nitrogens is 2. The molecule has 0 radical (unpaired) electrons. The highest BCUT2D eigenvalue weighted by Gasteiger charge is 2.32. The first kappa shape index (κ1) is 22.6. The van der Waals surface area contributed by atoms with Crippen LogP contribution in [0.15, 0.2) is 18.2 Å². The first-order chi connectivity index (χ1) is 15.6. The van der Waals surface area contributed by atoms with E-state index in [1.54, 1.807) is 18.3 Å². The van der Waals surface area contributed by atoms with Gasteiger partial charge in [-0.15, -0.1) is 22.7 Å². The van der Waals surface area contributed by atoms with Gasteiger partial charge in [-0.1, -0.05) is 6.07 Å². The molecule has 3 heterocycles. The van der Waals surface area contributed by atoms with E-state index in [0.29, 0.717) is 0 Å². The van der Waals surface area contributed by atoms with Crippen LogP contribution >= 0.6 is 22.7 Å². The monoisotopic (exact) mass is 478 g/mol. The highest BCUT2D eigenvalue weighted by atomic mass is 32.1. The largest absolute Gasteiger partial charge is 0.360 e. The van der Waals surface area contributed by atoms with Crippen molar-refractivity contribution >= 4 is 48.9 Å². The third-order valence-corrected chi connectivity index (χ3v) is 8.34. The molecule has 4 nitrogen and oxygen atoms in total. The number of hydrogen-bond acceptors (Lipinski definition) is 6. The van der Waals surface area contributed by atoms with Crippen LogP contribution in [0.4, 0.5) is 0 Å². The number of ketones is 1. The van der Waals surface area contributed by atoms with E-state index in [9.17, 15) is 4.79 Å². The summed E-state index contributed by atoms with van der Waals surface area (Å²) in [4.78, 5) is 25.2. The molecule has 0 amide bonds. The third kappa shape index (κ3) is 4.13. The molecule has 1 aliphatic rings. The van der Waals surface area contributed by atoms with Crippen molar-refractivity contribution in [1.29, 1.82) is 0 Å². The Labute approximate surface area is 203 Å². The van der Waals surface area contributed by atoms with Crippen LogP contribution in [0, 0.1) is 13.8 Å². The molecule has 0 fully saturated rings. The Hall–Kier alpha value is -2.15. The number of thiophene rings is 1. The molecule has 1 unspecified atom stereocenters. The molecule has 0 aliphatic heterocycles. The van der Waals surface area contributed by atoms with Crippen LogP contribution in [0.2, 0.25) is 0 Å². The van der Waals surface area contributed by atoms with E-state index in [2.05, 4.69) is 23.2 Å². The maximum Gasteiger partial charge on any atom is 0.163 e. The molecule has 0 saturated heterocycles. The molecule has 5 rings (SSSR count). The smallest absolute Gasteiger partial charge is 0.163 e. The molecule has 33 heavy (non-hydrogen) atoms. The second-order valence-electron chi connectivity index (χ2n) is 10.0. The van der Waals surface area contributed by atoms with Gasteiger partial charge in [0.15, 0.2) is 5.78 Å². The molecule has 172 valence electrons. The zero-order valence-corrected chi connectivity index (χ0v) is 21.8. The van der Waals surface area contributed by atoms with E-state index in [1.807, 2.05) is 46.0 Å². The summed E-state index contributed by atoms with van der Waals surface area (Å²) >= 11 is 3.54. The summed E-state index contributed by atoms with van der Waals surface area (Å²) in [6.07, 6.45) is 3.96. The second kappa shape index (κ2) is 8.26. The Kier molecular flexibility index (Phi) is 5.66. The van der Waals surface area contributed by atoms with E-state index < -0.39 is 11.7 Å². The lowest BCUT2D eigenvalue weighted by Gasteiger charge is -2.29. The lowest BCUT2D eigenvalue weighted by molar-refractivity contribution is -0.138. The third-order valence-electron chi connectivity index (χ3n) is 6.22. The molecule has 3 aromatic heterocycles. The van der Waals surface area contributed by atoms with Crippen LogP contribution in [-0.4, -0.2) is 21.4 Å². The van der Waals surface area contributed by atoms with Crippen molar-refractivity contribution in [2.45, 2.75) is 78.9 Å². The first-order valence-corrected chi connectivity index (χ1v) is 13.3. The average Bonchev–Trinajstić information content (AvgIpc) is 3.28. The molecule has 6 heteroatoms. The van der Waals surface area contributed by atoms with Gasteiger partial charge >= 0.3 is 0 Å². The van der Waals surface area contributed by atoms with Crippen molar-refractivity contribution in [2.75, 3.05) is 0 Å². The Morgan fingerprint density at radius 1 is 1.09 bits per heavy atom. The second-order valence-corrected chi connectivity index (χ2v) is 12.3. The Morgan fingerprint density at radius 3 is 2.58 bits per heavy atom. The predicted octanol–water partition coefficient (Wildman–Crippen LogP) is 7.51. The Balaban J connectivity index is 1.87. The van der Waals surface area contributed by atoms with E-state index in [4.69, 9.17) is 9.72 Å². The number of carbonyl (C=O) groups excluding carboxylic acids is 1. The van der Waals surface area contributed by atoms with E-state index in [1.165, 1.54) is 33.4 Å². The van der Waals surface area contributed by atoms with Gasteiger partial charge in [0.05, 0.1) is 20.8 Å². The first-order valence-electron chi connectivity index (χ1n) is 11.6. The predicted molar refractivity (Wildman–Crippen MR) is 139 cm³/mol. The normalized spacial score (nSPS) is 15.2. The number of aryl methyl sites for hydroxylation is 4. The van der Waals surface area contributed by atoms with Crippen molar-refractivity contribution in [2.24, 2.45) is 0 Å². The van der Waals surface area contributed by atoms with Crippen LogP contribution in [0.5, 0.6) is 0 Å². The minimum Gasteiger partial charge on any atom is -0.360 e. The summed E-state index contributed by atoms with van der Waals surface area (Å²) in [5, 5.41) is 2.28. The number of fused-ring (bicyclic) bond motifs is 4. The van der Waals surface area contributed by atoms with Gasteiger partial charge in [-0.3, -0.25) is 4.79 Å². The molecule has 0 spiro atoms. The molecule has 1 aromatic carbocycles. The molecule has 1 aliphatic carbocycles. The van der Waals surface area contributed by atoms with Crippen molar-refractivity contribution < 1.29 is 9.53 Å². The molecule has 0 bridgehead atoms. The van der Waals surface area contributed by atoms with Gasteiger partial charge in [-0.25, -0.2) is 9.97 Å². The number of thiazole rings is 1. The van der Waals surface area contributed by atoms with E-state index >= 15 is 0 Å². The fraction of sp³-hybridized carbons (Fsp3) is 0.444. The number of rotatable bonds is 4. The van der Waals surface area contributed by atoms with Crippen LogP contribution in [0.25, 0.3) is 31.6 Å². The Bertz CT molecular complexity index is 1390. The number of ether oxygens (including phenoxy) is 1. The maximum atomic E-state index is 13.0. The minimum atomic E-state index is -0.657. The molecule has 4 aromatic rings. The number of benzene rings is 1. The van der Waals surface area contributed by atoms with Gasteiger partial charge in [0.1, 0.15) is 10.9 Å². The summed E-state index contributed by atoms with van der Waals surface area (Å²) < 4.78 is 7.56. The van der Waals surface area contributed by atoms with E-state index in [0.717, 1.165) is 50.6 Å². The summed E-state index contributed by atoms with van der Waals surface area (Å²) in [5.74, 6) is 0.00855. The minimum absolute atomic E-state index is 0.00855. The lowest BCUT2D eigenvalue weighted by atomic mass is 9.87. The average molecular weight is 479 g/mol. The molecular weight excluding hydrogens is 448 g/mol. The van der Waals surface area contributed by atoms with Gasteiger partial charge in [-0.2, -0.15) is 0 Å². The van der Waals surface area contributed by atoms with Gasteiger partial charge in [0.25, 0.3) is 0 Å². The summed E-state index contributed by atoms with van der Waals surface area (Å²) in [5.41, 5.74) is 6.01. The fourth-order valence-electron chi connectivity index (χ4n) is 4.93. The highest BCUT2D eigenvalue weighted by molar-refractivity contribution is 7.19. The van der Waals surface area contributed by atoms with Gasteiger partial charge in [-0.05, 0) is 90.5 Å². The van der Waals surface area contributed by atoms with Crippen LogP contribution in [-0.2, 0) is 22.4 Å². The summed E-state index contributed by atoms with van der Waals surface area (Å²) in [6, 6.07) is 6.49. The van der Waals surface area contributed by atoms with Crippen molar-refractivity contribution in [3.05, 3.63) is 44.9 Å². The van der Waals surface area contributed by atoms with E-state index in [-0.39, 0.29) is 5.78 Å². The van der Waals surface area contributed by atoms with Crippen molar-refractivity contribution in [3.63, 3.8) is 0 Å². The lowest BCUT2D eigenvalue weighted by Crippen LogP contribution is -2.27. The van der Waals surface area contributed by atoms with Crippen molar-refractivity contribution in [3.8, 4) is 11.1 Å². The zero-order chi connectivity index (χ0) is 23.5. The fourth-order valence-corrected chi connectivity index (χ4v) is 7.11. The topological polar surface area (TPSA) is 52.1 Å².